The largest absolute Gasteiger partial charge is 0.377 e. The van der Waals surface area contributed by atoms with Crippen LogP contribution >= 0.6 is 11.8 Å². The number of thioether (sulfide) groups is 1. The molecule has 2 saturated heterocycles. The van der Waals surface area contributed by atoms with Gasteiger partial charge in [-0.2, -0.15) is 11.8 Å². The van der Waals surface area contributed by atoms with Crippen molar-refractivity contribution in [3.8, 4) is 0 Å². The lowest BCUT2D eigenvalue weighted by molar-refractivity contribution is 0.0720. The lowest BCUT2D eigenvalue weighted by Gasteiger charge is -2.41. The molecule has 3 atom stereocenters. The van der Waals surface area contributed by atoms with Crippen LogP contribution in [0, 0.1) is 5.41 Å². The predicted molar refractivity (Wildman–Crippen MR) is 71.1 cm³/mol. The minimum atomic E-state index is 0.443. The molecule has 2 fully saturated rings. The average molecular weight is 243 g/mol. The van der Waals surface area contributed by atoms with Gasteiger partial charge in [0.2, 0.25) is 0 Å². The molecule has 94 valence electrons. The van der Waals surface area contributed by atoms with Gasteiger partial charge in [-0.15, -0.1) is 0 Å². The summed E-state index contributed by atoms with van der Waals surface area (Å²) in [5.74, 6) is 2.57. The summed E-state index contributed by atoms with van der Waals surface area (Å²) >= 11 is 2.09. The van der Waals surface area contributed by atoms with Gasteiger partial charge in [0.15, 0.2) is 0 Å². The molecule has 1 N–H and O–H groups in total. The van der Waals surface area contributed by atoms with Gasteiger partial charge in [-0.3, -0.25) is 0 Å². The highest BCUT2D eigenvalue weighted by molar-refractivity contribution is 7.99. The van der Waals surface area contributed by atoms with Gasteiger partial charge in [0.1, 0.15) is 0 Å². The van der Waals surface area contributed by atoms with E-state index in [1.165, 1.54) is 30.8 Å². The molecule has 0 aromatic heterocycles. The van der Waals surface area contributed by atoms with E-state index in [4.69, 9.17) is 4.74 Å². The van der Waals surface area contributed by atoms with E-state index in [1.807, 2.05) is 0 Å². The van der Waals surface area contributed by atoms with Crippen LogP contribution in [0.15, 0.2) is 0 Å². The fraction of sp³-hybridized carbons (Fsp3) is 1.00. The molecule has 0 bridgehead atoms. The van der Waals surface area contributed by atoms with E-state index in [2.05, 4.69) is 37.8 Å². The number of nitrogens with one attached hydrogen (secondary N) is 1. The lowest BCUT2D eigenvalue weighted by Crippen LogP contribution is -2.52. The van der Waals surface area contributed by atoms with Gasteiger partial charge >= 0.3 is 0 Å². The van der Waals surface area contributed by atoms with Gasteiger partial charge in [-0.1, -0.05) is 13.8 Å². The predicted octanol–water partition coefficient (Wildman–Crippen LogP) is 2.68. The van der Waals surface area contributed by atoms with Gasteiger partial charge in [-0.05, 0) is 37.4 Å². The van der Waals surface area contributed by atoms with Gasteiger partial charge in [-0.25, -0.2) is 0 Å². The van der Waals surface area contributed by atoms with Gasteiger partial charge < -0.3 is 10.1 Å². The smallest absolute Gasteiger partial charge is 0.0726 e. The molecule has 0 spiro atoms. The highest BCUT2D eigenvalue weighted by Crippen LogP contribution is 2.34. The Bertz CT molecular complexity index is 226. The Balaban J connectivity index is 1.87. The third-order valence-electron chi connectivity index (χ3n) is 4.11. The van der Waals surface area contributed by atoms with Gasteiger partial charge in [0.25, 0.3) is 0 Å². The van der Waals surface area contributed by atoms with Crippen molar-refractivity contribution in [1.29, 1.82) is 0 Å². The highest BCUT2D eigenvalue weighted by atomic mass is 32.2. The molecule has 2 heterocycles. The van der Waals surface area contributed by atoms with Crippen LogP contribution in [-0.2, 0) is 4.74 Å². The van der Waals surface area contributed by atoms with Crippen LogP contribution in [0.4, 0.5) is 0 Å². The first-order valence-corrected chi connectivity index (χ1v) is 7.70. The third-order valence-corrected chi connectivity index (χ3v) is 5.17. The summed E-state index contributed by atoms with van der Waals surface area (Å²) in [6.07, 6.45) is 4.24. The average Bonchev–Trinajstić information content (AvgIpc) is 2.74. The van der Waals surface area contributed by atoms with Crippen LogP contribution < -0.4 is 5.32 Å². The summed E-state index contributed by atoms with van der Waals surface area (Å²) in [5, 5.41) is 3.81. The Hall–Kier alpha value is 0.270. The van der Waals surface area contributed by atoms with E-state index >= 15 is 0 Å². The normalized spacial score (nSPS) is 36.2. The van der Waals surface area contributed by atoms with Crippen LogP contribution in [0.25, 0.3) is 0 Å². The molecule has 3 unspecified atom stereocenters. The molecule has 2 rings (SSSR count). The van der Waals surface area contributed by atoms with Crippen LogP contribution in [0.2, 0.25) is 0 Å². The first-order valence-electron chi connectivity index (χ1n) is 6.55. The molecule has 0 amide bonds. The van der Waals surface area contributed by atoms with Crippen molar-refractivity contribution in [2.75, 3.05) is 18.1 Å². The minimum absolute atomic E-state index is 0.443. The van der Waals surface area contributed by atoms with Crippen molar-refractivity contribution >= 4 is 11.8 Å². The fourth-order valence-electron chi connectivity index (χ4n) is 2.63. The summed E-state index contributed by atoms with van der Waals surface area (Å²) < 4.78 is 5.76. The van der Waals surface area contributed by atoms with Crippen LogP contribution in [-0.4, -0.2) is 36.3 Å². The summed E-state index contributed by atoms with van der Waals surface area (Å²) in [4.78, 5) is 0. The monoisotopic (exact) mass is 243 g/mol. The summed E-state index contributed by atoms with van der Waals surface area (Å²) in [6.45, 7) is 8.03. The molecule has 0 aliphatic carbocycles. The quantitative estimate of drug-likeness (QED) is 0.823. The molecule has 2 nitrogen and oxygen atoms in total. The molecule has 0 saturated carbocycles. The molecule has 2 aliphatic rings. The van der Waals surface area contributed by atoms with Gasteiger partial charge in [0, 0.05) is 24.4 Å². The molecular weight excluding hydrogens is 218 g/mol. The van der Waals surface area contributed by atoms with E-state index in [-0.39, 0.29) is 0 Å². The Morgan fingerprint density at radius 3 is 2.88 bits per heavy atom. The minimum Gasteiger partial charge on any atom is -0.377 e. The third kappa shape index (κ3) is 2.93. The van der Waals surface area contributed by atoms with Crippen molar-refractivity contribution in [3.05, 3.63) is 0 Å². The second-order valence-corrected chi connectivity index (χ2v) is 7.02. The van der Waals surface area contributed by atoms with Crippen LogP contribution in [0.3, 0.4) is 0 Å². The fourth-order valence-corrected chi connectivity index (χ4v) is 4.25. The topological polar surface area (TPSA) is 21.3 Å². The Morgan fingerprint density at radius 1 is 1.44 bits per heavy atom. The van der Waals surface area contributed by atoms with Crippen LogP contribution in [0.1, 0.15) is 40.0 Å². The summed E-state index contributed by atoms with van der Waals surface area (Å²) in [5.41, 5.74) is 0.443. The first-order chi connectivity index (χ1) is 7.59. The Labute approximate surface area is 104 Å². The second kappa shape index (κ2) is 5.28. The van der Waals surface area contributed by atoms with E-state index in [0.29, 0.717) is 23.6 Å². The van der Waals surface area contributed by atoms with Crippen molar-refractivity contribution in [3.63, 3.8) is 0 Å². The second-order valence-electron chi connectivity index (χ2n) is 5.87. The summed E-state index contributed by atoms with van der Waals surface area (Å²) in [7, 11) is 0. The molecule has 0 aromatic rings. The maximum Gasteiger partial charge on any atom is 0.0726 e. The number of hydrogen-bond donors (Lipinski definition) is 1. The summed E-state index contributed by atoms with van der Waals surface area (Å²) in [6, 6.07) is 1.15. The maximum absolute atomic E-state index is 5.76. The lowest BCUT2D eigenvalue weighted by atomic mass is 9.81. The SMILES string of the molecule is CC(NC1CSCCC1(C)C)C1CCCO1. The van der Waals surface area contributed by atoms with E-state index < -0.39 is 0 Å². The first kappa shape index (κ1) is 12.7. The maximum atomic E-state index is 5.76. The molecule has 0 radical (unpaired) electrons. The molecule has 2 aliphatic heterocycles. The van der Waals surface area contributed by atoms with E-state index in [1.54, 1.807) is 0 Å². The van der Waals surface area contributed by atoms with Crippen LogP contribution in [0.5, 0.6) is 0 Å². The van der Waals surface area contributed by atoms with Gasteiger partial charge in [0.05, 0.1) is 6.10 Å². The van der Waals surface area contributed by atoms with Crippen molar-refractivity contribution in [1.82, 2.24) is 5.32 Å². The van der Waals surface area contributed by atoms with Crippen molar-refractivity contribution in [2.45, 2.75) is 58.2 Å². The number of hydrogen-bond acceptors (Lipinski definition) is 3. The number of ether oxygens (including phenoxy) is 1. The molecule has 0 aromatic carbocycles. The molecule has 3 heteroatoms. The Kier molecular flexibility index (Phi) is 4.20. The molecular formula is C13H25NOS. The Morgan fingerprint density at radius 2 is 2.25 bits per heavy atom. The van der Waals surface area contributed by atoms with Crippen molar-refractivity contribution in [2.24, 2.45) is 5.41 Å². The van der Waals surface area contributed by atoms with E-state index in [0.717, 1.165) is 6.61 Å². The van der Waals surface area contributed by atoms with E-state index in [9.17, 15) is 0 Å². The zero-order valence-corrected chi connectivity index (χ0v) is 11.6. The van der Waals surface area contributed by atoms with Crippen molar-refractivity contribution < 1.29 is 4.74 Å². The number of rotatable bonds is 3. The molecule has 16 heavy (non-hydrogen) atoms. The standard InChI is InChI=1S/C13H25NOS/c1-10(11-5-4-7-15-11)14-12-9-16-8-6-13(12,2)3/h10-12,14H,4-9H2,1-3H3. The zero-order chi connectivity index (χ0) is 11.6. The zero-order valence-electron chi connectivity index (χ0n) is 10.8. The highest BCUT2D eigenvalue weighted by Gasteiger charge is 2.35.